The van der Waals surface area contributed by atoms with Crippen molar-refractivity contribution in [1.29, 1.82) is 0 Å². The van der Waals surface area contributed by atoms with Crippen LogP contribution < -0.4 is 10.6 Å². The molecule has 0 radical (unpaired) electrons. The highest BCUT2D eigenvalue weighted by Gasteiger charge is 2.27. The van der Waals surface area contributed by atoms with Crippen LogP contribution >= 0.6 is 0 Å². The van der Waals surface area contributed by atoms with Gasteiger partial charge in [-0.15, -0.1) is 0 Å². The second-order valence-corrected chi connectivity index (χ2v) is 4.84. The maximum Gasteiger partial charge on any atom is 0.336 e. The number of carboxylic acids is 1. The molecule has 19 heavy (non-hydrogen) atoms. The van der Waals surface area contributed by atoms with Crippen molar-refractivity contribution in [2.45, 2.75) is 19.8 Å². The van der Waals surface area contributed by atoms with E-state index in [2.05, 4.69) is 0 Å². The van der Waals surface area contributed by atoms with Crippen LogP contribution in [0, 0.1) is 5.92 Å². The normalized spacial score (nSPS) is 15.8. The van der Waals surface area contributed by atoms with Gasteiger partial charge in [0.25, 0.3) is 0 Å². The van der Waals surface area contributed by atoms with E-state index in [1.165, 1.54) is 0 Å². The smallest absolute Gasteiger partial charge is 0.336 e. The third kappa shape index (κ3) is 2.46. The molecule has 5 nitrogen and oxygen atoms in total. The average Bonchev–Trinajstić information content (AvgIpc) is 2.44. The fraction of sp³-hybridized carbons (Fsp3) is 0.429. The second kappa shape index (κ2) is 5.40. The van der Waals surface area contributed by atoms with Crippen LogP contribution in [0.2, 0.25) is 0 Å². The monoisotopic (exact) mass is 262 g/mol. The molecule has 2 rings (SSSR count). The summed E-state index contributed by atoms with van der Waals surface area (Å²) in [5, 5.41) is 9.20. The Bertz CT molecular complexity index is 513. The van der Waals surface area contributed by atoms with Crippen molar-refractivity contribution < 1.29 is 14.7 Å². The summed E-state index contributed by atoms with van der Waals surface area (Å²) in [6.45, 7) is 2.71. The fourth-order valence-electron chi connectivity index (χ4n) is 2.42. The minimum Gasteiger partial charge on any atom is -0.478 e. The van der Waals surface area contributed by atoms with Gasteiger partial charge in [-0.25, -0.2) is 4.79 Å². The predicted molar refractivity (Wildman–Crippen MR) is 72.3 cm³/mol. The van der Waals surface area contributed by atoms with Gasteiger partial charge in [0.15, 0.2) is 0 Å². The van der Waals surface area contributed by atoms with E-state index in [0.717, 1.165) is 17.7 Å². The minimum atomic E-state index is -0.946. The molecule has 0 aromatic heterocycles. The Balaban J connectivity index is 2.43. The van der Waals surface area contributed by atoms with E-state index in [1.54, 1.807) is 24.0 Å². The highest BCUT2D eigenvalue weighted by molar-refractivity contribution is 5.99. The first-order valence-electron chi connectivity index (χ1n) is 6.43. The topological polar surface area (TPSA) is 83.6 Å². The molecular weight excluding hydrogens is 244 g/mol. The quantitative estimate of drug-likeness (QED) is 0.859. The summed E-state index contributed by atoms with van der Waals surface area (Å²) in [6.07, 6.45) is 1.47. The first-order valence-corrected chi connectivity index (χ1v) is 6.43. The summed E-state index contributed by atoms with van der Waals surface area (Å²) < 4.78 is 0. The number of carbonyl (C=O) groups is 2. The lowest BCUT2D eigenvalue weighted by Crippen LogP contribution is -2.41. The van der Waals surface area contributed by atoms with E-state index < -0.39 is 5.97 Å². The number of hydrogen-bond acceptors (Lipinski definition) is 3. The average molecular weight is 262 g/mol. The van der Waals surface area contributed by atoms with Gasteiger partial charge in [0, 0.05) is 24.7 Å². The highest BCUT2D eigenvalue weighted by atomic mass is 16.4. The van der Waals surface area contributed by atoms with Gasteiger partial charge < -0.3 is 15.7 Å². The molecule has 1 unspecified atom stereocenters. The molecule has 102 valence electrons. The van der Waals surface area contributed by atoms with E-state index in [0.29, 0.717) is 19.5 Å². The summed E-state index contributed by atoms with van der Waals surface area (Å²) in [4.78, 5) is 25.2. The maximum atomic E-state index is 12.3. The Kier molecular flexibility index (Phi) is 3.85. The zero-order valence-corrected chi connectivity index (χ0v) is 10.9. The standard InChI is InChI=1S/C14H18N2O3/c1-9(8-15)13(17)16-7-3-5-10-11(14(18)19)4-2-6-12(10)16/h2,4,6,9H,3,5,7-8,15H2,1H3,(H,18,19). The summed E-state index contributed by atoms with van der Waals surface area (Å²) in [5.74, 6) is -1.23. The molecule has 3 N–H and O–H groups in total. The van der Waals surface area contributed by atoms with Gasteiger partial charge in [0.1, 0.15) is 0 Å². The van der Waals surface area contributed by atoms with Crippen molar-refractivity contribution in [2.24, 2.45) is 11.7 Å². The summed E-state index contributed by atoms with van der Waals surface area (Å²) in [7, 11) is 0. The molecule has 0 bridgehead atoms. The van der Waals surface area contributed by atoms with E-state index in [-0.39, 0.29) is 17.4 Å². The fourth-order valence-corrected chi connectivity index (χ4v) is 2.42. The van der Waals surface area contributed by atoms with Crippen molar-refractivity contribution in [3.63, 3.8) is 0 Å². The van der Waals surface area contributed by atoms with Crippen LogP contribution in [-0.4, -0.2) is 30.1 Å². The predicted octanol–water partition coefficient (Wildman–Crippen LogP) is 1.26. The Morgan fingerprint density at radius 2 is 2.21 bits per heavy atom. The molecule has 0 aliphatic carbocycles. The number of rotatable bonds is 3. The molecule has 1 amide bonds. The number of anilines is 1. The van der Waals surface area contributed by atoms with Gasteiger partial charge in [0.05, 0.1) is 5.56 Å². The number of aromatic carboxylic acids is 1. The molecule has 1 aromatic rings. The van der Waals surface area contributed by atoms with Gasteiger partial charge in [0.2, 0.25) is 5.91 Å². The lowest BCUT2D eigenvalue weighted by atomic mass is 9.95. The van der Waals surface area contributed by atoms with Crippen LogP contribution in [0.5, 0.6) is 0 Å². The Morgan fingerprint density at radius 3 is 2.84 bits per heavy atom. The lowest BCUT2D eigenvalue weighted by Gasteiger charge is -2.32. The first-order chi connectivity index (χ1) is 9.06. The molecule has 1 atom stereocenters. The van der Waals surface area contributed by atoms with Crippen molar-refractivity contribution in [3.05, 3.63) is 29.3 Å². The molecule has 1 aromatic carbocycles. The number of fused-ring (bicyclic) bond motifs is 1. The molecule has 1 heterocycles. The summed E-state index contributed by atoms with van der Waals surface area (Å²) in [6, 6.07) is 5.07. The van der Waals surface area contributed by atoms with Crippen LogP contribution in [0.15, 0.2) is 18.2 Å². The third-order valence-electron chi connectivity index (χ3n) is 3.52. The molecule has 0 saturated carbocycles. The highest BCUT2D eigenvalue weighted by Crippen LogP contribution is 2.30. The number of nitrogens with zero attached hydrogens (tertiary/aromatic N) is 1. The first kappa shape index (κ1) is 13.5. The molecule has 1 aliphatic rings. The van der Waals surface area contributed by atoms with Gasteiger partial charge in [-0.3, -0.25) is 4.79 Å². The van der Waals surface area contributed by atoms with Gasteiger partial charge >= 0.3 is 5.97 Å². The molecule has 0 saturated heterocycles. The number of amides is 1. The van der Waals surface area contributed by atoms with Crippen LogP contribution in [0.25, 0.3) is 0 Å². The van der Waals surface area contributed by atoms with Gasteiger partial charge in [-0.2, -0.15) is 0 Å². The van der Waals surface area contributed by atoms with E-state index in [9.17, 15) is 14.7 Å². The lowest BCUT2D eigenvalue weighted by molar-refractivity contribution is -0.121. The van der Waals surface area contributed by atoms with E-state index in [4.69, 9.17) is 5.73 Å². The maximum absolute atomic E-state index is 12.3. The van der Waals surface area contributed by atoms with Gasteiger partial charge in [-0.05, 0) is 30.5 Å². The van der Waals surface area contributed by atoms with Crippen LogP contribution in [0.1, 0.15) is 29.3 Å². The van der Waals surface area contributed by atoms with Crippen molar-refractivity contribution in [2.75, 3.05) is 18.0 Å². The van der Waals surface area contributed by atoms with Crippen LogP contribution in [-0.2, 0) is 11.2 Å². The Hall–Kier alpha value is -1.88. The number of hydrogen-bond donors (Lipinski definition) is 2. The van der Waals surface area contributed by atoms with Crippen LogP contribution in [0.3, 0.4) is 0 Å². The third-order valence-corrected chi connectivity index (χ3v) is 3.52. The Morgan fingerprint density at radius 1 is 1.47 bits per heavy atom. The molecule has 5 heteroatoms. The number of carbonyl (C=O) groups excluding carboxylic acids is 1. The summed E-state index contributed by atoms with van der Waals surface area (Å²) in [5.41, 5.74) is 7.29. The van der Waals surface area contributed by atoms with Gasteiger partial charge in [-0.1, -0.05) is 13.0 Å². The zero-order valence-electron chi connectivity index (χ0n) is 10.9. The minimum absolute atomic E-state index is 0.0361. The van der Waals surface area contributed by atoms with E-state index >= 15 is 0 Å². The van der Waals surface area contributed by atoms with Crippen molar-refractivity contribution in [3.8, 4) is 0 Å². The number of benzene rings is 1. The Labute approximate surface area is 112 Å². The SMILES string of the molecule is CC(CN)C(=O)N1CCCc2c(C(=O)O)cccc21. The van der Waals surface area contributed by atoms with Crippen molar-refractivity contribution in [1.82, 2.24) is 0 Å². The molecular formula is C14H18N2O3. The summed E-state index contributed by atoms with van der Waals surface area (Å²) >= 11 is 0. The molecule has 0 spiro atoms. The molecule has 0 fully saturated rings. The zero-order chi connectivity index (χ0) is 14.0. The van der Waals surface area contributed by atoms with Crippen molar-refractivity contribution >= 4 is 17.6 Å². The number of carboxylic acid groups (broad SMARTS) is 1. The van der Waals surface area contributed by atoms with Crippen LogP contribution in [0.4, 0.5) is 5.69 Å². The van der Waals surface area contributed by atoms with E-state index in [1.807, 2.05) is 6.07 Å². The second-order valence-electron chi connectivity index (χ2n) is 4.84. The number of nitrogens with two attached hydrogens (primary N) is 1. The molecule has 1 aliphatic heterocycles. The largest absolute Gasteiger partial charge is 0.478 e.